The van der Waals surface area contributed by atoms with Crippen LogP contribution in [0, 0.1) is 0 Å². The molecule has 0 amide bonds. The molecule has 2 fully saturated rings. The Balaban J connectivity index is 2.00. The van der Waals surface area contributed by atoms with Crippen molar-refractivity contribution < 1.29 is 9.47 Å². The minimum atomic E-state index is 0.0465. The second-order valence-electron chi connectivity index (χ2n) is 5.03. The van der Waals surface area contributed by atoms with Crippen molar-refractivity contribution in [3.8, 4) is 0 Å². The van der Waals surface area contributed by atoms with Gasteiger partial charge in [-0.25, -0.2) is 0 Å². The summed E-state index contributed by atoms with van der Waals surface area (Å²) < 4.78 is 11.9. The van der Waals surface area contributed by atoms with Crippen LogP contribution in [-0.2, 0) is 9.47 Å². The summed E-state index contributed by atoms with van der Waals surface area (Å²) in [4.78, 5) is 0. The third-order valence-electron chi connectivity index (χ3n) is 3.85. The highest BCUT2D eigenvalue weighted by Crippen LogP contribution is 2.33. The summed E-state index contributed by atoms with van der Waals surface area (Å²) in [6.45, 7) is 8.37. The van der Waals surface area contributed by atoms with E-state index >= 15 is 0 Å². The Morgan fingerprint density at radius 3 is 2.87 bits per heavy atom. The van der Waals surface area contributed by atoms with Crippen LogP contribution in [0.4, 0.5) is 0 Å². The van der Waals surface area contributed by atoms with E-state index in [-0.39, 0.29) is 5.60 Å². The van der Waals surface area contributed by atoms with Crippen molar-refractivity contribution >= 4 is 0 Å². The zero-order chi connectivity index (χ0) is 10.9. The highest BCUT2D eigenvalue weighted by molar-refractivity contribution is 4.95. The van der Waals surface area contributed by atoms with Crippen molar-refractivity contribution in [3.63, 3.8) is 0 Å². The molecule has 2 aliphatic rings. The number of morpholine rings is 1. The fourth-order valence-electron chi connectivity index (χ4n) is 2.57. The van der Waals surface area contributed by atoms with Gasteiger partial charge in [-0.1, -0.05) is 6.92 Å². The van der Waals surface area contributed by atoms with Crippen LogP contribution in [0.3, 0.4) is 0 Å². The third-order valence-corrected chi connectivity index (χ3v) is 3.85. The third kappa shape index (κ3) is 2.35. The molecule has 4 atom stereocenters. The molecule has 1 spiro atoms. The quantitative estimate of drug-likeness (QED) is 0.719. The van der Waals surface area contributed by atoms with E-state index in [9.17, 15) is 0 Å². The summed E-state index contributed by atoms with van der Waals surface area (Å²) in [5, 5.41) is 3.56. The van der Waals surface area contributed by atoms with E-state index in [1.54, 1.807) is 0 Å². The van der Waals surface area contributed by atoms with E-state index in [1.165, 1.54) is 0 Å². The van der Waals surface area contributed by atoms with Crippen molar-refractivity contribution in [2.24, 2.45) is 0 Å². The van der Waals surface area contributed by atoms with Gasteiger partial charge < -0.3 is 14.8 Å². The van der Waals surface area contributed by atoms with Gasteiger partial charge in [0.2, 0.25) is 0 Å². The van der Waals surface area contributed by atoms with E-state index in [0.29, 0.717) is 18.2 Å². The van der Waals surface area contributed by atoms with E-state index in [0.717, 1.165) is 32.4 Å². The first-order valence-electron chi connectivity index (χ1n) is 6.18. The Bertz CT molecular complexity index is 216. The van der Waals surface area contributed by atoms with Crippen molar-refractivity contribution in [1.29, 1.82) is 0 Å². The van der Waals surface area contributed by atoms with Gasteiger partial charge in [0.05, 0.1) is 17.8 Å². The molecule has 15 heavy (non-hydrogen) atoms. The fraction of sp³-hybridized carbons (Fsp3) is 1.00. The normalized spacial score (nSPS) is 47.0. The van der Waals surface area contributed by atoms with Crippen LogP contribution in [-0.4, -0.2) is 37.0 Å². The Labute approximate surface area is 92.5 Å². The first-order chi connectivity index (χ1) is 7.15. The van der Waals surface area contributed by atoms with Gasteiger partial charge in [-0.2, -0.15) is 0 Å². The largest absolute Gasteiger partial charge is 0.378 e. The lowest BCUT2D eigenvalue weighted by molar-refractivity contribution is -0.183. The predicted molar refractivity (Wildman–Crippen MR) is 60.0 cm³/mol. The smallest absolute Gasteiger partial charge is 0.0857 e. The Kier molecular flexibility index (Phi) is 3.33. The molecule has 3 heteroatoms. The van der Waals surface area contributed by atoms with Crippen LogP contribution < -0.4 is 5.32 Å². The molecule has 0 aromatic carbocycles. The van der Waals surface area contributed by atoms with Gasteiger partial charge in [0.1, 0.15) is 0 Å². The van der Waals surface area contributed by atoms with Crippen LogP contribution >= 0.6 is 0 Å². The van der Waals surface area contributed by atoms with Crippen molar-refractivity contribution in [1.82, 2.24) is 5.32 Å². The zero-order valence-electron chi connectivity index (χ0n) is 10.1. The average Bonchev–Trinajstić information content (AvgIpc) is 2.24. The zero-order valence-corrected chi connectivity index (χ0v) is 10.1. The van der Waals surface area contributed by atoms with Crippen LogP contribution in [0.25, 0.3) is 0 Å². The van der Waals surface area contributed by atoms with Crippen LogP contribution in [0.5, 0.6) is 0 Å². The summed E-state index contributed by atoms with van der Waals surface area (Å²) in [5.41, 5.74) is 0.0465. The molecule has 2 heterocycles. The molecule has 0 aromatic heterocycles. The highest BCUT2D eigenvalue weighted by Gasteiger charge is 2.42. The molecule has 88 valence electrons. The minimum absolute atomic E-state index is 0.0465. The van der Waals surface area contributed by atoms with Gasteiger partial charge in [0.25, 0.3) is 0 Å². The molecular formula is C12H23NO2. The Hall–Kier alpha value is -0.120. The Morgan fingerprint density at radius 2 is 2.20 bits per heavy atom. The van der Waals surface area contributed by atoms with Crippen LogP contribution in [0.2, 0.25) is 0 Å². The van der Waals surface area contributed by atoms with E-state index in [2.05, 4.69) is 26.1 Å². The Morgan fingerprint density at radius 1 is 1.40 bits per heavy atom. The summed E-state index contributed by atoms with van der Waals surface area (Å²) in [6.07, 6.45) is 3.88. The summed E-state index contributed by atoms with van der Waals surface area (Å²) in [5.74, 6) is 0. The number of rotatable bonds is 1. The molecule has 4 unspecified atom stereocenters. The first kappa shape index (κ1) is 11.4. The lowest BCUT2D eigenvalue weighted by Crippen LogP contribution is -2.60. The molecule has 0 radical (unpaired) electrons. The highest BCUT2D eigenvalue weighted by atomic mass is 16.5. The van der Waals surface area contributed by atoms with Crippen molar-refractivity contribution in [2.45, 2.75) is 63.9 Å². The molecule has 0 bridgehead atoms. The maximum absolute atomic E-state index is 6.22. The van der Waals surface area contributed by atoms with Crippen LogP contribution in [0.15, 0.2) is 0 Å². The monoisotopic (exact) mass is 213 g/mol. The SMILES string of the molecule is CCC1CC2(CCO1)CNC(C)C(C)O2. The van der Waals surface area contributed by atoms with Crippen LogP contribution in [0.1, 0.15) is 40.0 Å². The summed E-state index contributed by atoms with van der Waals surface area (Å²) in [6, 6.07) is 0.471. The minimum Gasteiger partial charge on any atom is -0.378 e. The predicted octanol–water partition coefficient (Wildman–Crippen LogP) is 1.71. The number of hydrogen-bond acceptors (Lipinski definition) is 3. The van der Waals surface area contributed by atoms with Gasteiger partial charge in [-0.05, 0) is 20.3 Å². The average molecular weight is 213 g/mol. The van der Waals surface area contributed by atoms with Gasteiger partial charge in [0.15, 0.2) is 0 Å². The lowest BCUT2D eigenvalue weighted by Gasteiger charge is -2.47. The molecule has 1 N–H and O–H groups in total. The second-order valence-corrected chi connectivity index (χ2v) is 5.03. The van der Waals surface area contributed by atoms with Gasteiger partial charge >= 0.3 is 0 Å². The number of nitrogens with one attached hydrogen (secondary N) is 1. The fourth-order valence-corrected chi connectivity index (χ4v) is 2.57. The molecule has 2 saturated heterocycles. The molecule has 2 rings (SSSR count). The van der Waals surface area contributed by atoms with Gasteiger partial charge in [-0.3, -0.25) is 0 Å². The topological polar surface area (TPSA) is 30.5 Å². The lowest BCUT2D eigenvalue weighted by atomic mass is 9.87. The maximum atomic E-state index is 6.22. The molecule has 3 nitrogen and oxygen atoms in total. The maximum Gasteiger partial charge on any atom is 0.0857 e. The molecule has 0 aromatic rings. The van der Waals surface area contributed by atoms with E-state index in [1.807, 2.05) is 0 Å². The van der Waals surface area contributed by atoms with E-state index < -0.39 is 0 Å². The van der Waals surface area contributed by atoms with Crippen molar-refractivity contribution in [3.05, 3.63) is 0 Å². The summed E-state index contributed by atoms with van der Waals surface area (Å²) >= 11 is 0. The molecule has 2 aliphatic heterocycles. The molecular weight excluding hydrogens is 190 g/mol. The van der Waals surface area contributed by atoms with E-state index in [4.69, 9.17) is 9.47 Å². The number of ether oxygens (including phenoxy) is 2. The van der Waals surface area contributed by atoms with Gasteiger partial charge in [0, 0.05) is 32.0 Å². The summed E-state index contributed by atoms with van der Waals surface area (Å²) in [7, 11) is 0. The van der Waals surface area contributed by atoms with Gasteiger partial charge in [-0.15, -0.1) is 0 Å². The van der Waals surface area contributed by atoms with Crippen molar-refractivity contribution in [2.75, 3.05) is 13.2 Å². The molecule has 0 aliphatic carbocycles. The molecule has 0 saturated carbocycles. The standard InChI is InChI=1S/C12H23NO2/c1-4-11-7-12(5-6-14-11)8-13-9(2)10(3)15-12/h9-11,13H,4-8H2,1-3H3. The first-order valence-corrected chi connectivity index (χ1v) is 6.18. The number of hydrogen-bond donors (Lipinski definition) is 1. The second kappa shape index (κ2) is 4.40.